The third-order valence-electron chi connectivity index (χ3n) is 3.13. The van der Waals surface area contributed by atoms with Gasteiger partial charge in [-0.1, -0.05) is 0 Å². The van der Waals surface area contributed by atoms with Gasteiger partial charge >= 0.3 is 0 Å². The molecule has 72 valence electrons. The molecule has 0 aromatic rings. The van der Waals surface area contributed by atoms with Gasteiger partial charge in [-0.25, -0.2) is 0 Å². The Balaban J connectivity index is 1.91. The smallest absolute Gasteiger partial charge is 0.226 e. The fourth-order valence-corrected chi connectivity index (χ4v) is 2.67. The van der Waals surface area contributed by atoms with E-state index >= 15 is 0 Å². The van der Waals surface area contributed by atoms with Crippen LogP contribution in [0.4, 0.5) is 0 Å². The molecular weight excluding hydrogens is 170 g/mol. The van der Waals surface area contributed by atoms with Crippen molar-refractivity contribution in [2.24, 2.45) is 5.92 Å². The number of amides is 1. The number of nitrogens with one attached hydrogen (secondary N) is 1. The maximum atomic E-state index is 11.3. The number of piperidine rings is 1. The van der Waals surface area contributed by atoms with Crippen LogP contribution in [0.2, 0.25) is 0 Å². The highest BCUT2D eigenvalue weighted by Crippen LogP contribution is 2.44. The Morgan fingerprint density at radius 1 is 1.38 bits per heavy atom. The lowest BCUT2D eigenvalue weighted by atomic mass is 10.0. The first-order valence-electron chi connectivity index (χ1n) is 4.73. The highest BCUT2D eigenvalue weighted by atomic mass is 16.8. The predicted octanol–water partition coefficient (Wildman–Crippen LogP) is 0.0248. The minimum atomic E-state index is -0.515. The molecule has 0 aromatic carbocycles. The van der Waals surface area contributed by atoms with Crippen molar-refractivity contribution in [2.75, 3.05) is 0 Å². The molecule has 2 unspecified atom stereocenters. The number of hydrogen-bond acceptors (Lipinski definition) is 3. The Morgan fingerprint density at radius 2 is 2.08 bits per heavy atom. The van der Waals surface area contributed by atoms with Gasteiger partial charge in [0.05, 0.1) is 12.0 Å². The van der Waals surface area contributed by atoms with Crippen molar-refractivity contribution in [3.63, 3.8) is 0 Å². The van der Waals surface area contributed by atoms with Gasteiger partial charge in [-0.05, 0) is 20.3 Å². The number of ether oxygens (including phenoxy) is 2. The van der Waals surface area contributed by atoms with E-state index in [2.05, 4.69) is 5.32 Å². The Kier molecular flexibility index (Phi) is 1.23. The minimum Gasteiger partial charge on any atom is -0.350 e. The van der Waals surface area contributed by atoms with Gasteiger partial charge < -0.3 is 14.8 Å². The first-order chi connectivity index (χ1) is 6.07. The molecule has 0 spiro atoms. The van der Waals surface area contributed by atoms with E-state index in [1.807, 2.05) is 13.8 Å². The summed E-state index contributed by atoms with van der Waals surface area (Å²) in [5.41, 5.74) is 0. The maximum Gasteiger partial charge on any atom is 0.226 e. The summed E-state index contributed by atoms with van der Waals surface area (Å²) < 4.78 is 11.4. The van der Waals surface area contributed by atoms with Crippen LogP contribution in [0.1, 0.15) is 20.3 Å². The second-order valence-electron chi connectivity index (χ2n) is 4.52. The van der Waals surface area contributed by atoms with Crippen molar-refractivity contribution >= 4 is 5.91 Å². The summed E-state index contributed by atoms with van der Waals surface area (Å²) in [6.45, 7) is 3.80. The molecule has 1 saturated carbocycles. The quantitative estimate of drug-likeness (QED) is 0.576. The van der Waals surface area contributed by atoms with Gasteiger partial charge in [0.25, 0.3) is 0 Å². The van der Waals surface area contributed by atoms with Gasteiger partial charge in [-0.15, -0.1) is 0 Å². The maximum absolute atomic E-state index is 11.3. The molecule has 3 rings (SSSR count). The van der Waals surface area contributed by atoms with E-state index in [9.17, 15) is 4.79 Å². The number of fused-ring (bicyclic) bond motifs is 5. The highest BCUT2D eigenvalue weighted by Gasteiger charge is 2.60. The Bertz CT molecular complexity index is 276. The summed E-state index contributed by atoms with van der Waals surface area (Å²) in [5.74, 6) is -0.359. The molecule has 4 atom stereocenters. The van der Waals surface area contributed by atoms with Crippen LogP contribution >= 0.6 is 0 Å². The Labute approximate surface area is 76.6 Å². The van der Waals surface area contributed by atoms with Crippen LogP contribution in [0.15, 0.2) is 0 Å². The standard InChI is InChI=1S/C9H13NO3/c1-9(2)12-6-4-3-5(7(6)13-9)10-8(4)11/h4-7H,3H2,1-2H3,(H,10,11)/t4?,5?,6-,7+/m1/s1. The third-order valence-corrected chi connectivity index (χ3v) is 3.13. The molecule has 1 aliphatic carbocycles. The van der Waals surface area contributed by atoms with Gasteiger partial charge in [0.15, 0.2) is 5.79 Å². The summed E-state index contributed by atoms with van der Waals surface area (Å²) in [6.07, 6.45) is 0.955. The zero-order chi connectivity index (χ0) is 9.22. The van der Waals surface area contributed by atoms with Crippen LogP contribution in [0.25, 0.3) is 0 Å². The molecule has 1 N–H and O–H groups in total. The fourth-order valence-electron chi connectivity index (χ4n) is 2.67. The first kappa shape index (κ1) is 7.76. The lowest BCUT2D eigenvalue weighted by Crippen LogP contribution is -2.47. The molecule has 2 heterocycles. The Morgan fingerprint density at radius 3 is 2.85 bits per heavy atom. The predicted molar refractivity (Wildman–Crippen MR) is 43.9 cm³/mol. The number of hydrogen-bond donors (Lipinski definition) is 1. The molecule has 13 heavy (non-hydrogen) atoms. The molecule has 2 aliphatic heterocycles. The van der Waals surface area contributed by atoms with Crippen LogP contribution in [0, 0.1) is 5.92 Å². The summed E-state index contributed by atoms with van der Waals surface area (Å²) in [6, 6.07) is 0.185. The van der Waals surface area contributed by atoms with Gasteiger partial charge in [-0.2, -0.15) is 0 Å². The summed E-state index contributed by atoms with van der Waals surface area (Å²) in [7, 11) is 0. The topological polar surface area (TPSA) is 47.6 Å². The van der Waals surface area contributed by atoms with E-state index in [4.69, 9.17) is 9.47 Å². The van der Waals surface area contributed by atoms with Crippen LogP contribution in [-0.4, -0.2) is 29.9 Å². The first-order valence-corrected chi connectivity index (χ1v) is 4.73. The third kappa shape index (κ3) is 0.901. The fraction of sp³-hybridized carbons (Fsp3) is 0.889. The van der Waals surface area contributed by atoms with E-state index in [-0.39, 0.29) is 30.1 Å². The number of carbonyl (C=O) groups excluding carboxylic acids is 1. The van der Waals surface area contributed by atoms with Crippen LogP contribution in [0.3, 0.4) is 0 Å². The Hall–Kier alpha value is -0.610. The average Bonchev–Trinajstić information content (AvgIpc) is 2.56. The highest BCUT2D eigenvalue weighted by molar-refractivity contribution is 5.83. The molecule has 1 amide bonds. The number of rotatable bonds is 0. The average molecular weight is 183 g/mol. The van der Waals surface area contributed by atoms with Crippen molar-refractivity contribution < 1.29 is 14.3 Å². The van der Waals surface area contributed by atoms with Crippen molar-refractivity contribution in [1.82, 2.24) is 5.32 Å². The van der Waals surface area contributed by atoms with Crippen molar-refractivity contribution in [1.29, 1.82) is 0 Å². The zero-order valence-corrected chi connectivity index (χ0v) is 7.74. The molecule has 3 aliphatic rings. The molecular formula is C9H13NO3. The van der Waals surface area contributed by atoms with Gasteiger partial charge in [-0.3, -0.25) is 4.79 Å². The van der Waals surface area contributed by atoms with E-state index < -0.39 is 5.79 Å². The van der Waals surface area contributed by atoms with Crippen LogP contribution < -0.4 is 5.32 Å². The lowest BCUT2D eigenvalue weighted by Gasteiger charge is -2.21. The second-order valence-corrected chi connectivity index (χ2v) is 4.52. The summed E-state index contributed by atoms with van der Waals surface area (Å²) in [4.78, 5) is 11.3. The molecule has 4 nitrogen and oxygen atoms in total. The molecule has 4 heteroatoms. The van der Waals surface area contributed by atoms with E-state index in [1.165, 1.54) is 0 Å². The lowest BCUT2D eigenvalue weighted by molar-refractivity contribution is -0.155. The van der Waals surface area contributed by atoms with Crippen LogP contribution in [0.5, 0.6) is 0 Å². The van der Waals surface area contributed by atoms with E-state index in [0.29, 0.717) is 0 Å². The van der Waals surface area contributed by atoms with Crippen molar-refractivity contribution in [3.8, 4) is 0 Å². The van der Waals surface area contributed by atoms with E-state index in [1.54, 1.807) is 0 Å². The molecule has 2 bridgehead atoms. The summed E-state index contributed by atoms with van der Waals surface area (Å²) in [5, 5.41) is 2.92. The van der Waals surface area contributed by atoms with Crippen molar-refractivity contribution in [2.45, 2.75) is 44.3 Å². The largest absolute Gasteiger partial charge is 0.350 e. The molecule has 3 fully saturated rings. The SMILES string of the molecule is CC1(C)O[C@@H]2C3CC(NC3=O)[C@@H]2O1. The second kappa shape index (κ2) is 2.07. The molecule has 0 aromatic heterocycles. The van der Waals surface area contributed by atoms with Crippen LogP contribution in [-0.2, 0) is 14.3 Å². The number of carbonyl (C=O) groups is 1. The van der Waals surface area contributed by atoms with E-state index in [0.717, 1.165) is 6.42 Å². The summed E-state index contributed by atoms with van der Waals surface area (Å²) >= 11 is 0. The minimum absolute atomic E-state index is 0.00579. The van der Waals surface area contributed by atoms with Crippen molar-refractivity contribution in [3.05, 3.63) is 0 Å². The van der Waals surface area contributed by atoms with Gasteiger partial charge in [0.1, 0.15) is 12.2 Å². The van der Waals surface area contributed by atoms with Gasteiger partial charge in [0.2, 0.25) is 5.91 Å². The molecule has 2 saturated heterocycles. The monoisotopic (exact) mass is 183 g/mol. The normalized spacial score (nSPS) is 50.8. The molecule has 0 radical (unpaired) electrons. The van der Waals surface area contributed by atoms with Gasteiger partial charge in [0, 0.05) is 0 Å². The zero-order valence-electron chi connectivity index (χ0n) is 7.74.